The predicted molar refractivity (Wildman–Crippen MR) is 63.5 cm³/mol. The molecule has 0 bridgehead atoms. The predicted octanol–water partition coefficient (Wildman–Crippen LogP) is 0.954. The van der Waals surface area contributed by atoms with Crippen LogP contribution >= 0.6 is 0 Å². The highest BCUT2D eigenvalue weighted by atomic mass is 16.5. The van der Waals surface area contributed by atoms with Gasteiger partial charge >= 0.3 is 5.97 Å². The van der Waals surface area contributed by atoms with Gasteiger partial charge in [0, 0.05) is 19.9 Å². The number of likely N-dealkylation sites (N-methyl/N-ethyl adjacent to an activating group) is 1. The minimum absolute atomic E-state index is 0.00367. The van der Waals surface area contributed by atoms with Crippen LogP contribution in [0.15, 0.2) is 6.07 Å². The second kappa shape index (κ2) is 5.58. The number of carbonyl (C=O) groups is 1. The van der Waals surface area contributed by atoms with Crippen LogP contribution in [0.5, 0.6) is 0 Å². The van der Waals surface area contributed by atoms with Gasteiger partial charge in [0.2, 0.25) is 5.95 Å². The Hall–Kier alpha value is -1.69. The molecule has 0 aromatic carbocycles. The number of aromatic carboxylic acids is 1. The highest BCUT2D eigenvalue weighted by Crippen LogP contribution is 2.11. The Bertz CT molecular complexity index is 409. The van der Waals surface area contributed by atoms with Gasteiger partial charge in [-0.1, -0.05) is 0 Å². The average Bonchev–Trinajstić information content (AvgIpc) is 2.27. The average molecular weight is 239 g/mol. The van der Waals surface area contributed by atoms with Gasteiger partial charge in [-0.2, -0.15) is 0 Å². The van der Waals surface area contributed by atoms with Gasteiger partial charge in [0.1, 0.15) is 0 Å². The van der Waals surface area contributed by atoms with E-state index in [0.29, 0.717) is 18.2 Å². The first-order valence-corrected chi connectivity index (χ1v) is 5.26. The fourth-order valence-corrected chi connectivity index (χ4v) is 1.37. The van der Waals surface area contributed by atoms with E-state index in [0.717, 1.165) is 0 Å². The summed E-state index contributed by atoms with van der Waals surface area (Å²) in [5.41, 5.74) is 0.632. The molecule has 0 aliphatic heterocycles. The molecule has 1 heterocycles. The van der Waals surface area contributed by atoms with Gasteiger partial charge in [-0.15, -0.1) is 0 Å². The highest BCUT2D eigenvalue weighted by Gasteiger charge is 2.15. The van der Waals surface area contributed by atoms with Crippen molar-refractivity contribution in [3.8, 4) is 0 Å². The maximum atomic E-state index is 10.9. The zero-order valence-electron chi connectivity index (χ0n) is 10.5. The molecule has 1 atom stereocenters. The lowest BCUT2D eigenvalue weighted by molar-refractivity contribution is 0.0690. The lowest BCUT2D eigenvalue weighted by Crippen LogP contribution is -2.34. The van der Waals surface area contributed by atoms with Crippen LogP contribution in [0.3, 0.4) is 0 Å². The van der Waals surface area contributed by atoms with Crippen molar-refractivity contribution in [3.05, 3.63) is 17.5 Å². The summed E-state index contributed by atoms with van der Waals surface area (Å²) in [4.78, 5) is 20.9. The van der Waals surface area contributed by atoms with Crippen molar-refractivity contribution < 1.29 is 14.6 Å². The van der Waals surface area contributed by atoms with Crippen molar-refractivity contribution in [3.63, 3.8) is 0 Å². The number of nitrogens with zero attached hydrogens (tertiary/aromatic N) is 3. The fourth-order valence-electron chi connectivity index (χ4n) is 1.37. The summed E-state index contributed by atoms with van der Waals surface area (Å²) in [6.07, 6.45) is 0. The van der Waals surface area contributed by atoms with Gasteiger partial charge in [-0.25, -0.2) is 14.8 Å². The molecule has 0 saturated heterocycles. The lowest BCUT2D eigenvalue weighted by atomic mass is 10.3. The number of methoxy groups -OCH3 is 1. The van der Waals surface area contributed by atoms with Crippen molar-refractivity contribution in [1.29, 1.82) is 0 Å². The molecule has 94 valence electrons. The Morgan fingerprint density at radius 1 is 1.59 bits per heavy atom. The quantitative estimate of drug-likeness (QED) is 0.824. The molecule has 0 saturated carbocycles. The third-order valence-corrected chi connectivity index (χ3v) is 2.45. The molecular weight excluding hydrogens is 222 g/mol. The van der Waals surface area contributed by atoms with Crippen LogP contribution in [0, 0.1) is 6.92 Å². The summed E-state index contributed by atoms with van der Waals surface area (Å²) in [5, 5.41) is 8.92. The van der Waals surface area contributed by atoms with Gasteiger partial charge in [0.15, 0.2) is 5.69 Å². The van der Waals surface area contributed by atoms with Crippen LogP contribution in [-0.4, -0.2) is 47.8 Å². The molecule has 0 amide bonds. The summed E-state index contributed by atoms with van der Waals surface area (Å²) in [6.45, 7) is 4.22. The smallest absolute Gasteiger partial charge is 0.354 e. The largest absolute Gasteiger partial charge is 0.477 e. The second-order valence-electron chi connectivity index (χ2n) is 3.91. The Balaban J connectivity index is 3.01. The Morgan fingerprint density at radius 3 is 2.76 bits per heavy atom. The molecule has 1 aromatic rings. The molecule has 17 heavy (non-hydrogen) atoms. The molecule has 1 unspecified atom stereocenters. The Morgan fingerprint density at radius 2 is 2.24 bits per heavy atom. The van der Waals surface area contributed by atoms with Crippen LogP contribution in [-0.2, 0) is 4.74 Å². The van der Waals surface area contributed by atoms with Gasteiger partial charge < -0.3 is 14.7 Å². The van der Waals surface area contributed by atoms with Crippen LogP contribution in [0.1, 0.15) is 23.1 Å². The summed E-state index contributed by atoms with van der Waals surface area (Å²) in [5.74, 6) is -0.656. The third kappa shape index (κ3) is 3.39. The minimum atomic E-state index is -1.05. The maximum Gasteiger partial charge on any atom is 0.354 e. The monoisotopic (exact) mass is 239 g/mol. The number of aromatic nitrogens is 2. The van der Waals surface area contributed by atoms with E-state index in [1.807, 2.05) is 14.0 Å². The van der Waals surface area contributed by atoms with E-state index in [2.05, 4.69) is 9.97 Å². The summed E-state index contributed by atoms with van der Waals surface area (Å²) < 4.78 is 5.04. The number of hydrogen-bond donors (Lipinski definition) is 1. The third-order valence-electron chi connectivity index (χ3n) is 2.45. The lowest BCUT2D eigenvalue weighted by Gasteiger charge is -2.24. The number of carboxylic acid groups (broad SMARTS) is 1. The zero-order valence-corrected chi connectivity index (χ0v) is 10.5. The first kappa shape index (κ1) is 13.4. The van der Waals surface area contributed by atoms with E-state index in [1.54, 1.807) is 18.9 Å². The number of aryl methyl sites for hydroxylation is 1. The summed E-state index contributed by atoms with van der Waals surface area (Å²) in [6, 6.07) is 1.52. The number of carboxylic acids is 1. The van der Waals surface area contributed by atoms with E-state index in [4.69, 9.17) is 9.84 Å². The zero-order chi connectivity index (χ0) is 13.0. The first-order valence-electron chi connectivity index (χ1n) is 5.26. The van der Waals surface area contributed by atoms with Crippen LogP contribution in [0.25, 0.3) is 0 Å². The molecule has 1 N–H and O–H groups in total. The fraction of sp³-hybridized carbons (Fsp3) is 0.545. The summed E-state index contributed by atoms with van der Waals surface area (Å²) in [7, 11) is 3.42. The van der Waals surface area contributed by atoms with Crippen LogP contribution in [0.4, 0.5) is 5.95 Å². The van der Waals surface area contributed by atoms with E-state index < -0.39 is 5.97 Å². The molecule has 0 fully saturated rings. The molecule has 0 spiro atoms. The highest BCUT2D eigenvalue weighted by molar-refractivity contribution is 5.85. The van der Waals surface area contributed by atoms with E-state index in [-0.39, 0.29) is 11.7 Å². The van der Waals surface area contributed by atoms with Gasteiger partial charge in [-0.05, 0) is 19.9 Å². The molecular formula is C11H17N3O3. The maximum absolute atomic E-state index is 10.9. The Labute approximate surface area is 100 Å². The number of hydrogen-bond acceptors (Lipinski definition) is 5. The molecule has 0 radical (unpaired) electrons. The van der Waals surface area contributed by atoms with Crippen LogP contribution < -0.4 is 4.90 Å². The van der Waals surface area contributed by atoms with Gasteiger partial charge in [0.05, 0.1) is 12.6 Å². The topological polar surface area (TPSA) is 75.5 Å². The van der Waals surface area contributed by atoms with Crippen molar-refractivity contribution in [2.75, 3.05) is 25.7 Å². The van der Waals surface area contributed by atoms with Crippen molar-refractivity contribution >= 4 is 11.9 Å². The van der Waals surface area contributed by atoms with Crippen molar-refractivity contribution in [1.82, 2.24) is 9.97 Å². The van der Waals surface area contributed by atoms with Crippen molar-refractivity contribution in [2.24, 2.45) is 0 Å². The molecule has 6 nitrogen and oxygen atoms in total. The molecule has 0 aliphatic carbocycles. The minimum Gasteiger partial charge on any atom is -0.477 e. The number of anilines is 1. The van der Waals surface area contributed by atoms with E-state index in [9.17, 15) is 4.79 Å². The molecule has 1 aromatic heterocycles. The Kier molecular flexibility index (Phi) is 4.39. The van der Waals surface area contributed by atoms with E-state index in [1.165, 1.54) is 6.07 Å². The van der Waals surface area contributed by atoms with Crippen LogP contribution in [0.2, 0.25) is 0 Å². The normalized spacial score (nSPS) is 12.2. The first-order chi connectivity index (χ1) is 7.95. The van der Waals surface area contributed by atoms with Gasteiger partial charge in [0.25, 0.3) is 0 Å². The summed E-state index contributed by atoms with van der Waals surface area (Å²) >= 11 is 0. The van der Waals surface area contributed by atoms with E-state index >= 15 is 0 Å². The second-order valence-corrected chi connectivity index (χ2v) is 3.91. The molecule has 1 rings (SSSR count). The molecule has 0 aliphatic rings. The molecule has 6 heteroatoms. The SMILES string of the molecule is COCC(C)N(C)c1nc(C)cc(C(=O)O)n1. The number of ether oxygens (including phenoxy) is 1. The van der Waals surface area contributed by atoms with Crippen molar-refractivity contribution in [2.45, 2.75) is 19.9 Å². The van der Waals surface area contributed by atoms with Gasteiger partial charge in [-0.3, -0.25) is 0 Å². The number of rotatable bonds is 5. The standard InChI is InChI=1S/C11H17N3O3/c1-7-5-9(10(15)16)13-11(12-7)14(3)8(2)6-17-4/h5,8H,6H2,1-4H3,(H,15,16).